The van der Waals surface area contributed by atoms with Crippen LogP contribution >= 0.6 is 0 Å². The van der Waals surface area contributed by atoms with Crippen LogP contribution in [0.4, 0.5) is 13.2 Å². The Morgan fingerprint density at radius 3 is 2.53 bits per heavy atom. The molecule has 1 nitrogen and oxygen atoms in total. The van der Waals surface area contributed by atoms with E-state index in [1.54, 1.807) is 0 Å². The highest BCUT2D eigenvalue weighted by Gasteiger charge is 2.41. The summed E-state index contributed by atoms with van der Waals surface area (Å²) in [5.74, 6) is -1.18. The maximum atomic E-state index is 12.6. The van der Waals surface area contributed by atoms with Crippen LogP contribution in [-0.4, -0.2) is 18.8 Å². The lowest BCUT2D eigenvalue weighted by Crippen LogP contribution is -2.45. The average molecular weight is 271 g/mol. The summed E-state index contributed by atoms with van der Waals surface area (Å²) in [5.41, 5.74) is 3.65. The van der Waals surface area contributed by atoms with Crippen LogP contribution in [0.1, 0.15) is 29.5 Å². The number of alkyl halides is 3. The largest absolute Gasteiger partial charge is 0.393 e. The molecule has 1 aromatic rings. The molecule has 1 saturated heterocycles. The van der Waals surface area contributed by atoms with E-state index >= 15 is 0 Å². The molecule has 1 heterocycles. The Kier molecular flexibility index (Phi) is 4.19. The summed E-state index contributed by atoms with van der Waals surface area (Å²) in [6.45, 7) is 4.14. The molecule has 0 aromatic heterocycles. The first kappa shape index (κ1) is 14.4. The predicted octanol–water partition coefficient (Wildman–Crippen LogP) is 3.78. The number of piperidine rings is 1. The summed E-state index contributed by atoms with van der Waals surface area (Å²) in [6.07, 6.45) is -2.40. The quantitative estimate of drug-likeness (QED) is 0.863. The van der Waals surface area contributed by atoms with Crippen molar-refractivity contribution < 1.29 is 13.2 Å². The van der Waals surface area contributed by atoms with Crippen molar-refractivity contribution in [2.24, 2.45) is 5.92 Å². The fraction of sp³-hybridized carbons (Fsp3) is 0.600. The number of hydrogen-bond donors (Lipinski definition) is 1. The summed E-state index contributed by atoms with van der Waals surface area (Å²) in [6, 6.07) is 6.44. The molecular formula is C15H20F3N. The highest BCUT2D eigenvalue weighted by Crippen LogP contribution is 2.32. The summed E-state index contributed by atoms with van der Waals surface area (Å²) >= 11 is 0. The van der Waals surface area contributed by atoms with E-state index in [0.717, 1.165) is 6.42 Å². The summed E-state index contributed by atoms with van der Waals surface area (Å²) in [5, 5.41) is 3.05. The summed E-state index contributed by atoms with van der Waals surface area (Å²) < 4.78 is 37.7. The Hall–Kier alpha value is -1.03. The van der Waals surface area contributed by atoms with Crippen molar-refractivity contribution in [1.82, 2.24) is 5.32 Å². The molecule has 0 radical (unpaired) electrons. The van der Waals surface area contributed by atoms with Crippen LogP contribution in [0.2, 0.25) is 0 Å². The maximum absolute atomic E-state index is 12.6. The van der Waals surface area contributed by atoms with Crippen molar-refractivity contribution in [2.75, 3.05) is 6.54 Å². The van der Waals surface area contributed by atoms with Gasteiger partial charge < -0.3 is 5.32 Å². The predicted molar refractivity (Wildman–Crippen MR) is 70.2 cm³/mol. The van der Waals surface area contributed by atoms with Gasteiger partial charge in [-0.25, -0.2) is 0 Å². The van der Waals surface area contributed by atoms with E-state index in [9.17, 15) is 13.2 Å². The van der Waals surface area contributed by atoms with E-state index in [-0.39, 0.29) is 19.0 Å². The van der Waals surface area contributed by atoms with Crippen LogP contribution in [0.5, 0.6) is 0 Å². The summed E-state index contributed by atoms with van der Waals surface area (Å²) in [7, 11) is 0. The van der Waals surface area contributed by atoms with Crippen LogP contribution in [0.25, 0.3) is 0 Å². The molecule has 2 atom stereocenters. The van der Waals surface area contributed by atoms with Crippen molar-refractivity contribution in [3.8, 4) is 0 Å². The standard InChI is InChI=1S/C15H20F3N/c1-10-3-4-11(2)12(7-10)8-14-6-5-13(9-19-14)15(16,17)18/h3-4,7,13-14,19H,5-6,8-9H2,1-2H3. The second-order valence-corrected chi connectivity index (χ2v) is 5.56. The first-order chi connectivity index (χ1) is 8.86. The molecule has 4 heteroatoms. The third kappa shape index (κ3) is 3.72. The number of nitrogens with one attached hydrogen (secondary N) is 1. The zero-order valence-electron chi connectivity index (χ0n) is 11.3. The molecule has 2 rings (SSSR count). The topological polar surface area (TPSA) is 12.0 Å². The van der Waals surface area contributed by atoms with Gasteiger partial charge in [-0.1, -0.05) is 23.8 Å². The van der Waals surface area contributed by atoms with Gasteiger partial charge in [0.25, 0.3) is 0 Å². The fourth-order valence-corrected chi connectivity index (χ4v) is 2.65. The lowest BCUT2D eigenvalue weighted by molar-refractivity contribution is -0.179. The van der Waals surface area contributed by atoms with Crippen LogP contribution in [0.15, 0.2) is 18.2 Å². The molecule has 0 amide bonds. The second kappa shape index (κ2) is 5.53. The number of hydrogen-bond acceptors (Lipinski definition) is 1. The Bertz CT molecular complexity index is 432. The molecule has 1 N–H and O–H groups in total. The number of rotatable bonds is 2. The molecule has 0 saturated carbocycles. The zero-order chi connectivity index (χ0) is 14.0. The van der Waals surface area contributed by atoms with Gasteiger partial charge in [0.2, 0.25) is 0 Å². The molecule has 0 aliphatic carbocycles. The van der Waals surface area contributed by atoms with Gasteiger partial charge in [0.15, 0.2) is 0 Å². The lowest BCUT2D eigenvalue weighted by atomic mass is 9.89. The van der Waals surface area contributed by atoms with E-state index in [0.29, 0.717) is 6.42 Å². The van der Waals surface area contributed by atoms with E-state index in [2.05, 4.69) is 30.4 Å². The van der Waals surface area contributed by atoms with Crippen LogP contribution in [0.3, 0.4) is 0 Å². The minimum absolute atomic E-state index is 0.0546. The van der Waals surface area contributed by atoms with Crippen LogP contribution < -0.4 is 5.32 Å². The third-order valence-electron chi connectivity index (χ3n) is 3.95. The monoisotopic (exact) mass is 271 g/mol. The molecule has 1 fully saturated rings. The van der Waals surface area contributed by atoms with E-state index < -0.39 is 12.1 Å². The normalized spacial score (nSPS) is 24.5. The zero-order valence-corrected chi connectivity index (χ0v) is 11.3. The molecule has 106 valence electrons. The Labute approximate surface area is 112 Å². The van der Waals surface area contributed by atoms with E-state index in [1.165, 1.54) is 16.7 Å². The Morgan fingerprint density at radius 1 is 1.21 bits per heavy atom. The molecule has 2 unspecified atom stereocenters. The van der Waals surface area contributed by atoms with Gasteiger partial charge in [-0.15, -0.1) is 0 Å². The lowest BCUT2D eigenvalue weighted by Gasteiger charge is -2.31. The molecule has 1 aliphatic rings. The average Bonchev–Trinajstić information content (AvgIpc) is 2.33. The van der Waals surface area contributed by atoms with Crippen molar-refractivity contribution in [3.05, 3.63) is 34.9 Å². The van der Waals surface area contributed by atoms with Gasteiger partial charge in [-0.3, -0.25) is 0 Å². The van der Waals surface area contributed by atoms with E-state index in [4.69, 9.17) is 0 Å². The van der Waals surface area contributed by atoms with Crippen molar-refractivity contribution in [1.29, 1.82) is 0 Å². The third-order valence-corrected chi connectivity index (χ3v) is 3.95. The van der Waals surface area contributed by atoms with E-state index in [1.807, 2.05) is 6.92 Å². The molecule has 0 spiro atoms. The van der Waals surface area contributed by atoms with Gasteiger partial charge in [0.05, 0.1) is 5.92 Å². The molecule has 19 heavy (non-hydrogen) atoms. The van der Waals surface area contributed by atoms with Gasteiger partial charge in [-0.2, -0.15) is 13.2 Å². The van der Waals surface area contributed by atoms with Crippen LogP contribution in [-0.2, 0) is 6.42 Å². The van der Waals surface area contributed by atoms with Crippen LogP contribution in [0, 0.1) is 19.8 Å². The molecular weight excluding hydrogens is 251 g/mol. The summed E-state index contributed by atoms with van der Waals surface area (Å²) in [4.78, 5) is 0. The Balaban J connectivity index is 1.94. The second-order valence-electron chi connectivity index (χ2n) is 5.56. The first-order valence-corrected chi connectivity index (χ1v) is 6.72. The maximum Gasteiger partial charge on any atom is 0.393 e. The van der Waals surface area contributed by atoms with Gasteiger partial charge >= 0.3 is 6.18 Å². The highest BCUT2D eigenvalue weighted by atomic mass is 19.4. The van der Waals surface area contributed by atoms with Crippen molar-refractivity contribution in [2.45, 2.75) is 45.3 Å². The van der Waals surface area contributed by atoms with Gasteiger partial charge in [0.1, 0.15) is 0 Å². The molecule has 1 aromatic carbocycles. The minimum atomic E-state index is -4.06. The highest BCUT2D eigenvalue weighted by molar-refractivity contribution is 5.31. The minimum Gasteiger partial charge on any atom is -0.313 e. The SMILES string of the molecule is Cc1ccc(C)c(CC2CCC(C(F)(F)F)CN2)c1. The number of aryl methyl sites for hydroxylation is 2. The molecule has 1 aliphatic heterocycles. The van der Waals surface area contributed by atoms with Gasteiger partial charge in [0, 0.05) is 12.6 Å². The fourth-order valence-electron chi connectivity index (χ4n) is 2.65. The Morgan fingerprint density at radius 2 is 1.95 bits per heavy atom. The number of halogens is 3. The van der Waals surface area contributed by atoms with Crippen molar-refractivity contribution >= 4 is 0 Å². The first-order valence-electron chi connectivity index (χ1n) is 6.72. The van der Waals surface area contributed by atoms with Crippen molar-refractivity contribution in [3.63, 3.8) is 0 Å². The molecule has 0 bridgehead atoms. The number of benzene rings is 1. The smallest absolute Gasteiger partial charge is 0.313 e. The van der Waals surface area contributed by atoms with Gasteiger partial charge in [-0.05, 0) is 44.2 Å².